The lowest BCUT2D eigenvalue weighted by Gasteiger charge is -2.05. The highest BCUT2D eigenvalue weighted by Gasteiger charge is 1.98. The zero-order valence-corrected chi connectivity index (χ0v) is 14.3. The maximum absolute atomic E-state index is 5.51. The van der Waals surface area contributed by atoms with Crippen LogP contribution in [0.4, 0.5) is 0 Å². The molecule has 0 radical (unpaired) electrons. The molecule has 0 aliphatic rings. The lowest BCUT2D eigenvalue weighted by atomic mass is 10.0. The van der Waals surface area contributed by atoms with Crippen molar-refractivity contribution in [1.82, 2.24) is 0 Å². The molecule has 2 aromatic rings. The number of hydrogen-bond donors (Lipinski definition) is 1. The Bertz CT molecular complexity index is 515. The van der Waals surface area contributed by atoms with Crippen LogP contribution in [0, 0.1) is 0 Å². The summed E-state index contributed by atoms with van der Waals surface area (Å²) >= 11 is 0. The van der Waals surface area contributed by atoms with Crippen LogP contribution in [-0.4, -0.2) is 6.54 Å². The first kappa shape index (κ1) is 17.7. The largest absolute Gasteiger partial charge is 0.330 e. The van der Waals surface area contributed by atoms with Crippen molar-refractivity contribution in [3.63, 3.8) is 0 Å². The second kappa shape index (κ2) is 11.0. The quantitative estimate of drug-likeness (QED) is 0.508. The summed E-state index contributed by atoms with van der Waals surface area (Å²) in [7, 11) is 0. The summed E-state index contributed by atoms with van der Waals surface area (Å²) in [6.07, 6.45) is 11.9. The Morgan fingerprint density at radius 3 is 1.65 bits per heavy atom. The van der Waals surface area contributed by atoms with E-state index in [1.54, 1.807) is 0 Å². The van der Waals surface area contributed by atoms with E-state index in [-0.39, 0.29) is 0 Å². The molecule has 0 heterocycles. The van der Waals surface area contributed by atoms with Gasteiger partial charge in [-0.2, -0.15) is 0 Å². The SMILES string of the molecule is NCCCCCCCCCCc1ccc(-c2ccccc2)cc1. The molecule has 2 aromatic carbocycles. The van der Waals surface area contributed by atoms with Crippen molar-refractivity contribution in [1.29, 1.82) is 0 Å². The standard InChI is InChI=1S/C22H31N/c23-19-11-6-4-2-1-3-5-8-12-20-15-17-22(18-16-20)21-13-9-7-10-14-21/h7,9-10,13-18H,1-6,8,11-12,19,23H2. The minimum Gasteiger partial charge on any atom is -0.330 e. The maximum Gasteiger partial charge on any atom is -0.00773 e. The Balaban J connectivity index is 1.60. The fourth-order valence-corrected chi connectivity index (χ4v) is 3.03. The van der Waals surface area contributed by atoms with E-state index in [2.05, 4.69) is 54.6 Å². The molecule has 0 aliphatic heterocycles. The van der Waals surface area contributed by atoms with E-state index in [0.717, 1.165) is 6.54 Å². The number of aryl methyl sites for hydroxylation is 1. The van der Waals surface area contributed by atoms with Gasteiger partial charge < -0.3 is 5.73 Å². The van der Waals surface area contributed by atoms with Crippen LogP contribution in [0.5, 0.6) is 0 Å². The van der Waals surface area contributed by atoms with Gasteiger partial charge in [0.2, 0.25) is 0 Å². The van der Waals surface area contributed by atoms with Crippen LogP contribution >= 0.6 is 0 Å². The van der Waals surface area contributed by atoms with Gasteiger partial charge in [-0.25, -0.2) is 0 Å². The van der Waals surface area contributed by atoms with Crippen molar-refractivity contribution < 1.29 is 0 Å². The molecule has 0 saturated carbocycles. The fraction of sp³-hybridized carbons (Fsp3) is 0.455. The average molecular weight is 309 g/mol. The lowest BCUT2D eigenvalue weighted by molar-refractivity contribution is 0.570. The van der Waals surface area contributed by atoms with E-state index in [9.17, 15) is 0 Å². The average Bonchev–Trinajstić information content (AvgIpc) is 2.62. The molecule has 0 amide bonds. The van der Waals surface area contributed by atoms with Crippen molar-refractivity contribution in [3.8, 4) is 11.1 Å². The second-order valence-corrected chi connectivity index (χ2v) is 6.43. The predicted octanol–water partition coefficient (Wildman–Crippen LogP) is 5.98. The third kappa shape index (κ3) is 7.00. The highest BCUT2D eigenvalue weighted by atomic mass is 14.5. The monoisotopic (exact) mass is 309 g/mol. The van der Waals surface area contributed by atoms with Gasteiger partial charge in [0.15, 0.2) is 0 Å². The zero-order chi connectivity index (χ0) is 16.2. The summed E-state index contributed by atoms with van der Waals surface area (Å²) in [5, 5.41) is 0. The van der Waals surface area contributed by atoms with E-state index in [1.807, 2.05) is 0 Å². The molecule has 2 N–H and O–H groups in total. The molecule has 0 saturated heterocycles. The van der Waals surface area contributed by atoms with Gasteiger partial charge in [0.05, 0.1) is 0 Å². The Kier molecular flexibility index (Phi) is 8.50. The topological polar surface area (TPSA) is 26.0 Å². The molecule has 0 fully saturated rings. The highest BCUT2D eigenvalue weighted by molar-refractivity contribution is 5.63. The number of rotatable bonds is 11. The Labute approximate surface area is 141 Å². The molecule has 0 atom stereocenters. The normalized spacial score (nSPS) is 10.8. The minimum atomic E-state index is 0.850. The van der Waals surface area contributed by atoms with Gasteiger partial charge in [-0.1, -0.05) is 93.1 Å². The summed E-state index contributed by atoms with van der Waals surface area (Å²) in [5.74, 6) is 0. The summed E-state index contributed by atoms with van der Waals surface area (Å²) in [5.41, 5.74) is 9.58. The highest BCUT2D eigenvalue weighted by Crippen LogP contribution is 2.20. The molecule has 1 heteroatoms. The van der Waals surface area contributed by atoms with Crippen LogP contribution in [0.15, 0.2) is 54.6 Å². The summed E-state index contributed by atoms with van der Waals surface area (Å²) < 4.78 is 0. The van der Waals surface area contributed by atoms with Crippen LogP contribution in [0.3, 0.4) is 0 Å². The molecular formula is C22H31N. The number of unbranched alkanes of at least 4 members (excludes halogenated alkanes) is 7. The first-order valence-electron chi connectivity index (χ1n) is 9.24. The van der Waals surface area contributed by atoms with Gasteiger partial charge >= 0.3 is 0 Å². The Morgan fingerprint density at radius 2 is 1.04 bits per heavy atom. The van der Waals surface area contributed by atoms with Crippen LogP contribution in [-0.2, 0) is 6.42 Å². The molecule has 1 nitrogen and oxygen atoms in total. The molecule has 0 bridgehead atoms. The van der Waals surface area contributed by atoms with Crippen molar-refractivity contribution >= 4 is 0 Å². The van der Waals surface area contributed by atoms with Crippen LogP contribution < -0.4 is 5.73 Å². The number of benzene rings is 2. The van der Waals surface area contributed by atoms with Gasteiger partial charge in [0, 0.05) is 0 Å². The van der Waals surface area contributed by atoms with E-state index >= 15 is 0 Å². The van der Waals surface area contributed by atoms with Gasteiger partial charge in [-0.05, 0) is 42.5 Å². The minimum absolute atomic E-state index is 0.850. The Morgan fingerprint density at radius 1 is 0.522 bits per heavy atom. The van der Waals surface area contributed by atoms with Gasteiger partial charge in [0.25, 0.3) is 0 Å². The fourth-order valence-electron chi connectivity index (χ4n) is 3.03. The van der Waals surface area contributed by atoms with E-state index < -0.39 is 0 Å². The second-order valence-electron chi connectivity index (χ2n) is 6.43. The number of hydrogen-bond acceptors (Lipinski definition) is 1. The van der Waals surface area contributed by atoms with Gasteiger partial charge in [0.1, 0.15) is 0 Å². The summed E-state index contributed by atoms with van der Waals surface area (Å²) in [6, 6.07) is 19.7. The van der Waals surface area contributed by atoms with Gasteiger partial charge in [-0.3, -0.25) is 0 Å². The third-order valence-electron chi connectivity index (χ3n) is 4.48. The molecule has 0 spiro atoms. The van der Waals surface area contributed by atoms with E-state index in [0.29, 0.717) is 0 Å². The third-order valence-corrected chi connectivity index (χ3v) is 4.48. The molecule has 23 heavy (non-hydrogen) atoms. The first-order valence-corrected chi connectivity index (χ1v) is 9.24. The van der Waals surface area contributed by atoms with E-state index in [1.165, 1.54) is 74.5 Å². The van der Waals surface area contributed by atoms with Crippen molar-refractivity contribution in [2.45, 2.75) is 57.8 Å². The molecule has 124 valence electrons. The molecule has 0 aliphatic carbocycles. The number of nitrogens with two attached hydrogens (primary N) is 1. The van der Waals surface area contributed by atoms with Crippen molar-refractivity contribution in [3.05, 3.63) is 60.2 Å². The molecule has 0 unspecified atom stereocenters. The molecular weight excluding hydrogens is 278 g/mol. The summed E-state index contributed by atoms with van der Waals surface area (Å²) in [4.78, 5) is 0. The van der Waals surface area contributed by atoms with Gasteiger partial charge in [-0.15, -0.1) is 0 Å². The van der Waals surface area contributed by atoms with Crippen molar-refractivity contribution in [2.24, 2.45) is 5.73 Å². The summed E-state index contributed by atoms with van der Waals surface area (Å²) in [6.45, 7) is 0.850. The van der Waals surface area contributed by atoms with Crippen LogP contribution in [0.1, 0.15) is 56.9 Å². The van der Waals surface area contributed by atoms with Crippen molar-refractivity contribution in [2.75, 3.05) is 6.54 Å². The smallest absolute Gasteiger partial charge is 0.00773 e. The van der Waals surface area contributed by atoms with Crippen LogP contribution in [0.25, 0.3) is 11.1 Å². The zero-order valence-electron chi connectivity index (χ0n) is 14.3. The van der Waals surface area contributed by atoms with E-state index in [4.69, 9.17) is 5.73 Å². The predicted molar refractivity (Wildman–Crippen MR) is 102 cm³/mol. The molecule has 2 rings (SSSR count). The Hall–Kier alpha value is -1.60. The molecule has 0 aromatic heterocycles. The maximum atomic E-state index is 5.51. The lowest BCUT2D eigenvalue weighted by Crippen LogP contribution is -1.97. The van der Waals surface area contributed by atoms with Crippen LogP contribution in [0.2, 0.25) is 0 Å². The first-order chi connectivity index (χ1) is 11.4.